The summed E-state index contributed by atoms with van der Waals surface area (Å²) in [5, 5.41) is 8.54. The van der Waals surface area contributed by atoms with Gasteiger partial charge in [-0.1, -0.05) is 0 Å². The topological polar surface area (TPSA) is 40.5 Å². The van der Waals surface area contributed by atoms with Gasteiger partial charge in [-0.15, -0.1) is 0 Å². The summed E-state index contributed by atoms with van der Waals surface area (Å²) >= 11 is 0. The number of carboxylic acid groups (broad SMARTS) is 1. The zero-order valence-electron chi connectivity index (χ0n) is 7.50. The first-order valence-corrected chi connectivity index (χ1v) is 3.15. The molecule has 1 aliphatic rings. The maximum atomic E-state index is 10.4. The van der Waals surface area contributed by atoms with E-state index >= 15 is 0 Å². The number of aliphatic carboxylic acids is 1. The fourth-order valence-corrected chi connectivity index (χ4v) is 1.22. The van der Waals surface area contributed by atoms with E-state index in [4.69, 9.17) is 5.11 Å². The molecule has 0 amide bonds. The Bertz CT molecular complexity index is 130. The number of rotatable bonds is 1. The average molecular weight is 277 g/mol. The number of hydrogen-bond donors (Lipinski definition) is 1. The Morgan fingerprint density at radius 1 is 1.64 bits per heavy atom. The van der Waals surface area contributed by atoms with E-state index < -0.39 is 5.97 Å². The molecule has 60 valence electrons. The van der Waals surface area contributed by atoms with Crippen molar-refractivity contribution in [1.82, 2.24) is 4.90 Å². The van der Waals surface area contributed by atoms with Gasteiger partial charge in [0, 0.05) is 0 Å². The van der Waals surface area contributed by atoms with Gasteiger partial charge in [0.05, 0.1) is 0 Å². The van der Waals surface area contributed by atoms with Crippen LogP contribution in [-0.4, -0.2) is 35.6 Å². The third-order valence-electron chi connectivity index (χ3n) is 1.81. The molecule has 0 radical (unpaired) electrons. The van der Waals surface area contributed by atoms with Crippen LogP contribution in [0, 0.1) is 7.43 Å². The zero-order valence-corrected chi connectivity index (χ0v) is 13.8. The van der Waals surface area contributed by atoms with Gasteiger partial charge < -0.3 is 12.5 Å². The van der Waals surface area contributed by atoms with Gasteiger partial charge >= 0.3 is 74.9 Å². The normalized spacial score (nSPS) is 23.5. The first-order chi connectivity index (χ1) is 4.22. The minimum absolute atomic E-state index is 0. The van der Waals surface area contributed by atoms with Crippen molar-refractivity contribution in [3.05, 3.63) is 7.43 Å². The molecule has 1 rings (SSSR count). The molecule has 1 fully saturated rings. The Morgan fingerprint density at radius 2 is 2.18 bits per heavy atom. The van der Waals surface area contributed by atoms with Crippen molar-refractivity contribution in [2.75, 3.05) is 13.6 Å². The van der Waals surface area contributed by atoms with Crippen LogP contribution in [0.2, 0.25) is 0 Å². The first-order valence-electron chi connectivity index (χ1n) is 3.15. The monoisotopic (exact) mass is 277 g/mol. The van der Waals surface area contributed by atoms with Gasteiger partial charge in [0.25, 0.3) is 0 Å². The Balaban J connectivity index is 0. The van der Waals surface area contributed by atoms with Crippen molar-refractivity contribution in [2.24, 2.45) is 0 Å². The maximum absolute atomic E-state index is 10.4. The van der Waals surface area contributed by atoms with Gasteiger partial charge in [0.2, 0.25) is 0 Å². The van der Waals surface area contributed by atoms with Gasteiger partial charge in [-0.25, -0.2) is 0 Å². The second-order valence-electron chi connectivity index (χ2n) is 2.48. The molecule has 1 atom stereocenters. The summed E-state index contributed by atoms with van der Waals surface area (Å²) in [6.07, 6.45) is 1.83. The van der Waals surface area contributed by atoms with Gasteiger partial charge in [-0.3, -0.25) is 9.69 Å². The van der Waals surface area contributed by atoms with Crippen LogP contribution in [0.5, 0.6) is 0 Å². The second kappa shape index (κ2) is 6.94. The summed E-state index contributed by atoms with van der Waals surface area (Å²) in [7, 11) is 1.85. The summed E-state index contributed by atoms with van der Waals surface area (Å²) in [4.78, 5) is 12.2. The molecule has 1 heterocycles. The third kappa shape index (κ3) is 4.31. The van der Waals surface area contributed by atoms with Crippen LogP contribution in [0.15, 0.2) is 0 Å². The Hall–Kier alpha value is 1.48. The summed E-state index contributed by atoms with van der Waals surface area (Å²) in [6.45, 7) is 0.928. The molecule has 0 saturated carbocycles. The summed E-state index contributed by atoms with van der Waals surface area (Å²) in [5.41, 5.74) is 0. The Labute approximate surface area is 127 Å². The molecule has 1 unspecified atom stereocenters. The van der Waals surface area contributed by atoms with Crippen molar-refractivity contribution < 1.29 is 78.8 Å². The molecule has 0 spiro atoms. The molecule has 0 aromatic heterocycles. The van der Waals surface area contributed by atoms with E-state index in [1.165, 1.54) is 0 Å². The number of likely N-dealkylation sites (tertiary alicyclic amines) is 1. The quantitative estimate of drug-likeness (QED) is 0.544. The van der Waals surface area contributed by atoms with E-state index in [9.17, 15) is 4.79 Å². The van der Waals surface area contributed by atoms with Crippen LogP contribution in [0.25, 0.3) is 0 Å². The average Bonchev–Trinajstić information content (AvgIpc) is 2.13. The molecule has 11 heavy (non-hydrogen) atoms. The smallest absolute Gasteiger partial charge is 0.480 e. The van der Waals surface area contributed by atoms with Crippen LogP contribution < -0.4 is 68.9 Å². The van der Waals surface area contributed by atoms with E-state index in [1.807, 2.05) is 11.9 Å². The van der Waals surface area contributed by atoms with Crippen LogP contribution >= 0.6 is 0 Å². The maximum Gasteiger partial charge on any atom is 1.00 e. The number of hydrogen-bond acceptors (Lipinski definition) is 2. The van der Waals surface area contributed by atoms with Crippen molar-refractivity contribution >= 4 is 5.97 Å². The minimum Gasteiger partial charge on any atom is -0.480 e. The van der Waals surface area contributed by atoms with E-state index in [1.54, 1.807) is 0 Å². The van der Waals surface area contributed by atoms with Crippen molar-refractivity contribution in [1.29, 1.82) is 0 Å². The molecule has 0 aromatic rings. The summed E-state index contributed by atoms with van der Waals surface area (Å²) in [6, 6.07) is -0.218. The molecule has 1 N–H and O–H groups in total. The van der Waals surface area contributed by atoms with Crippen LogP contribution in [-0.2, 0) is 4.79 Å². The van der Waals surface area contributed by atoms with Crippen molar-refractivity contribution in [2.45, 2.75) is 18.9 Å². The molecule has 0 aliphatic carbocycles. The Morgan fingerprint density at radius 3 is 2.36 bits per heavy atom. The van der Waals surface area contributed by atoms with Gasteiger partial charge in [0.15, 0.2) is 0 Å². The van der Waals surface area contributed by atoms with E-state index in [-0.39, 0.29) is 82.4 Å². The molecular weight excluding hydrogens is 263 g/mol. The number of nitrogens with zero attached hydrogens (tertiary/aromatic N) is 1. The number of carbonyl (C=O) groups is 1. The molecule has 0 bridgehead atoms. The molecule has 3 nitrogen and oxygen atoms in total. The van der Waals surface area contributed by atoms with E-state index in [2.05, 4.69) is 0 Å². The van der Waals surface area contributed by atoms with Crippen molar-refractivity contribution in [3.63, 3.8) is 0 Å². The first kappa shape index (κ1) is 15.0. The molecule has 0 aromatic carbocycles. The van der Waals surface area contributed by atoms with Gasteiger partial charge in [-0.05, 0) is 26.4 Å². The number of carboxylic acids is 1. The largest absolute Gasteiger partial charge is 1.00 e. The SMILES string of the molecule is CN1CCCC1C(=O)O.[CH3-].[Cs+]. The van der Waals surface area contributed by atoms with Crippen LogP contribution in [0.3, 0.4) is 0 Å². The molecule has 1 saturated heterocycles. The molecule has 1 aliphatic heterocycles. The van der Waals surface area contributed by atoms with E-state index in [0.29, 0.717) is 0 Å². The van der Waals surface area contributed by atoms with Crippen LogP contribution in [0.1, 0.15) is 12.8 Å². The predicted molar refractivity (Wildman–Crippen MR) is 39.7 cm³/mol. The Kier molecular flexibility index (Phi) is 9.45. The van der Waals surface area contributed by atoms with Gasteiger partial charge in [-0.2, -0.15) is 0 Å². The summed E-state index contributed by atoms with van der Waals surface area (Å²) < 4.78 is 0. The van der Waals surface area contributed by atoms with Crippen molar-refractivity contribution in [3.8, 4) is 0 Å². The van der Waals surface area contributed by atoms with Gasteiger partial charge in [0.1, 0.15) is 6.04 Å². The summed E-state index contributed by atoms with van der Waals surface area (Å²) in [5.74, 6) is -0.685. The van der Waals surface area contributed by atoms with E-state index in [0.717, 1.165) is 19.4 Å². The standard InChI is InChI=1S/C6H11NO2.CH3.Cs/c1-7-4-2-3-5(7)6(8)9;;/h5H,2-4H2,1H3,(H,8,9);1H3;/q;-1;+1. The third-order valence-corrected chi connectivity index (χ3v) is 1.81. The fourth-order valence-electron chi connectivity index (χ4n) is 1.22. The molecule has 4 heteroatoms. The molecular formula is C7H14CsNO2. The number of likely N-dealkylation sites (N-methyl/N-ethyl adjacent to an activating group) is 1. The minimum atomic E-state index is -0.685. The predicted octanol–water partition coefficient (Wildman–Crippen LogP) is -2.38. The second-order valence-corrected chi connectivity index (χ2v) is 2.48. The zero-order chi connectivity index (χ0) is 6.85. The fraction of sp³-hybridized carbons (Fsp3) is 0.714. The van der Waals surface area contributed by atoms with Crippen LogP contribution in [0.4, 0.5) is 0 Å².